The molecular formula is C20H22N4O2S. The average molecular weight is 382 g/mol. The van der Waals surface area contributed by atoms with Crippen molar-refractivity contribution in [1.82, 2.24) is 20.1 Å². The number of fused-ring (bicyclic) bond motifs is 1. The maximum Gasteiger partial charge on any atom is 0.267 e. The summed E-state index contributed by atoms with van der Waals surface area (Å²) in [7, 11) is 0. The van der Waals surface area contributed by atoms with Crippen molar-refractivity contribution >= 4 is 34.1 Å². The van der Waals surface area contributed by atoms with Crippen LogP contribution in [-0.2, 0) is 0 Å². The molecule has 3 heterocycles. The number of hydrogen-bond donors (Lipinski definition) is 2. The Balaban J connectivity index is 1.22. The van der Waals surface area contributed by atoms with Crippen molar-refractivity contribution in [2.24, 2.45) is 0 Å². The van der Waals surface area contributed by atoms with Gasteiger partial charge in [0, 0.05) is 50.2 Å². The zero-order valence-corrected chi connectivity index (χ0v) is 15.8. The molecular weight excluding hydrogens is 360 g/mol. The summed E-state index contributed by atoms with van der Waals surface area (Å²) in [5.74, 6) is 0.0365. The summed E-state index contributed by atoms with van der Waals surface area (Å²) in [6.45, 7) is 4.50. The molecule has 2 amide bonds. The van der Waals surface area contributed by atoms with Gasteiger partial charge in [-0.05, 0) is 23.6 Å². The van der Waals surface area contributed by atoms with Crippen molar-refractivity contribution in [2.45, 2.75) is 0 Å². The summed E-state index contributed by atoms with van der Waals surface area (Å²) in [5, 5.41) is 5.94. The number of thiophene rings is 1. The fraction of sp³-hybridized carbons (Fsp3) is 0.300. The Morgan fingerprint density at radius 3 is 2.63 bits per heavy atom. The van der Waals surface area contributed by atoms with Gasteiger partial charge in [0.2, 0.25) is 0 Å². The predicted molar refractivity (Wildman–Crippen MR) is 107 cm³/mol. The molecule has 1 aromatic carbocycles. The smallest absolute Gasteiger partial charge is 0.267 e. The fourth-order valence-corrected chi connectivity index (χ4v) is 4.04. The van der Waals surface area contributed by atoms with Crippen molar-refractivity contribution in [3.05, 3.63) is 58.4 Å². The van der Waals surface area contributed by atoms with E-state index in [4.69, 9.17) is 0 Å². The van der Waals surface area contributed by atoms with Gasteiger partial charge in [-0.2, -0.15) is 0 Å². The number of H-pyrrole nitrogens is 1. The van der Waals surface area contributed by atoms with Crippen LogP contribution in [0.15, 0.2) is 47.8 Å². The maximum absolute atomic E-state index is 12.4. The molecule has 140 valence electrons. The van der Waals surface area contributed by atoms with Crippen LogP contribution >= 0.6 is 11.3 Å². The highest BCUT2D eigenvalue weighted by Crippen LogP contribution is 2.15. The number of aromatic nitrogens is 1. The molecule has 0 saturated carbocycles. The number of amides is 2. The quantitative estimate of drug-likeness (QED) is 0.712. The minimum Gasteiger partial charge on any atom is -0.351 e. The molecule has 2 aromatic heterocycles. The lowest BCUT2D eigenvalue weighted by Gasteiger charge is -2.34. The van der Waals surface area contributed by atoms with Crippen LogP contribution in [0, 0.1) is 0 Å². The predicted octanol–water partition coefficient (Wildman–Crippen LogP) is 2.42. The summed E-state index contributed by atoms with van der Waals surface area (Å²) >= 11 is 1.49. The molecule has 1 aliphatic rings. The Morgan fingerprint density at radius 2 is 1.89 bits per heavy atom. The van der Waals surface area contributed by atoms with E-state index in [-0.39, 0.29) is 11.8 Å². The van der Waals surface area contributed by atoms with Crippen molar-refractivity contribution < 1.29 is 9.59 Å². The molecule has 1 fully saturated rings. The van der Waals surface area contributed by atoms with Gasteiger partial charge in [0.15, 0.2) is 0 Å². The van der Waals surface area contributed by atoms with E-state index >= 15 is 0 Å². The number of carbonyl (C=O) groups excluding carboxylic acids is 2. The van der Waals surface area contributed by atoms with Crippen molar-refractivity contribution in [3.8, 4) is 0 Å². The van der Waals surface area contributed by atoms with Crippen LogP contribution in [0.25, 0.3) is 10.9 Å². The second kappa shape index (κ2) is 7.94. The Bertz CT molecular complexity index is 894. The molecule has 4 rings (SSSR count). The first-order valence-electron chi connectivity index (χ1n) is 9.12. The topological polar surface area (TPSA) is 68.4 Å². The van der Waals surface area contributed by atoms with Gasteiger partial charge in [-0.3, -0.25) is 14.5 Å². The molecule has 2 N–H and O–H groups in total. The van der Waals surface area contributed by atoms with Crippen LogP contribution in [0.3, 0.4) is 0 Å². The normalized spacial score (nSPS) is 15.2. The third-order valence-corrected chi connectivity index (χ3v) is 5.74. The number of rotatable bonds is 5. The Kier molecular flexibility index (Phi) is 5.22. The fourth-order valence-electron chi connectivity index (χ4n) is 3.35. The third kappa shape index (κ3) is 4.04. The van der Waals surface area contributed by atoms with Crippen molar-refractivity contribution in [3.63, 3.8) is 0 Å². The first-order chi connectivity index (χ1) is 13.2. The Hall–Kier alpha value is -2.64. The van der Waals surface area contributed by atoms with E-state index in [0.29, 0.717) is 12.2 Å². The largest absolute Gasteiger partial charge is 0.351 e. The van der Waals surface area contributed by atoms with Gasteiger partial charge in [0.1, 0.15) is 5.69 Å². The lowest BCUT2D eigenvalue weighted by atomic mass is 10.2. The maximum atomic E-state index is 12.4. The number of para-hydroxylation sites is 1. The van der Waals surface area contributed by atoms with Crippen LogP contribution in [0.5, 0.6) is 0 Å². The highest BCUT2D eigenvalue weighted by molar-refractivity contribution is 7.12. The van der Waals surface area contributed by atoms with Gasteiger partial charge in [-0.15, -0.1) is 11.3 Å². The number of hydrogen-bond acceptors (Lipinski definition) is 4. The van der Waals surface area contributed by atoms with Crippen LogP contribution in [0.2, 0.25) is 0 Å². The van der Waals surface area contributed by atoms with E-state index in [2.05, 4.69) is 15.2 Å². The van der Waals surface area contributed by atoms with Crippen LogP contribution < -0.4 is 5.32 Å². The van der Waals surface area contributed by atoms with E-state index in [1.165, 1.54) is 11.3 Å². The van der Waals surface area contributed by atoms with Gasteiger partial charge in [0.05, 0.1) is 4.88 Å². The second-order valence-corrected chi connectivity index (χ2v) is 7.59. The number of benzene rings is 1. The summed E-state index contributed by atoms with van der Waals surface area (Å²) in [6, 6.07) is 13.5. The zero-order valence-electron chi connectivity index (χ0n) is 15.0. The van der Waals surface area contributed by atoms with Gasteiger partial charge in [-0.25, -0.2) is 0 Å². The van der Waals surface area contributed by atoms with Gasteiger partial charge < -0.3 is 15.2 Å². The monoisotopic (exact) mass is 382 g/mol. The van der Waals surface area contributed by atoms with Crippen molar-refractivity contribution in [2.75, 3.05) is 39.3 Å². The van der Waals surface area contributed by atoms with Gasteiger partial charge >= 0.3 is 0 Å². The molecule has 0 atom stereocenters. The van der Waals surface area contributed by atoms with Gasteiger partial charge in [0.25, 0.3) is 11.8 Å². The number of piperazine rings is 1. The molecule has 0 unspecified atom stereocenters. The highest BCUT2D eigenvalue weighted by atomic mass is 32.1. The summed E-state index contributed by atoms with van der Waals surface area (Å²) in [4.78, 5) is 32.8. The minimum atomic E-state index is -0.0855. The molecule has 0 spiro atoms. The molecule has 7 heteroatoms. The van der Waals surface area contributed by atoms with Crippen LogP contribution in [-0.4, -0.2) is 65.9 Å². The SMILES string of the molecule is O=C(NCCN1CCN(C(=O)c2cccs2)CC1)c1cc2ccccc2[nH]1. The first-order valence-corrected chi connectivity index (χ1v) is 10.00. The molecule has 1 saturated heterocycles. The summed E-state index contributed by atoms with van der Waals surface area (Å²) in [5.41, 5.74) is 1.55. The third-order valence-electron chi connectivity index (χ3n) is 4.88. The summed E-state index contributed by atoms with van der Waals surface area (Å²) in [6.07, 6.45) is 0. The van der Waals surface area contributed by atoms with Crippen molar-refractivity contribution in [1.29, 1.82) is 0 Å². The minimum absolute atomic E-state index is 0.0855. The molecule has 0 bridgehead atoms. The number of carbonyl (C=O) groups is 2. The molecule has 1 aliphatic heterocycles. The Morgan fingerprint density at radius 1 is 1.07 bits per heavy atom. The van der Waals surface area contributed by atoms with E-state index in [0.717, 1.165) is 48.5 Å². The first kappa shape index (κ1) is 17.8. The van der Waals surface area contributed by atoms with E-state index in [1.54, 1.807) is 0 Å². The van der Waals surface area contributed by atoms with E-state index < -0.39 is 0 Å². The number of aromatic amines is 1. The molecule has 6 nitrogen and oxygen atoms in total. The number of nitrogens with one attached hydrogen (secondary N) is 2. The molecule has 0 aliphatic carbocycles. The lowest BCUT2D eigenvalue weighted by molar-refractivity contribution is 0.0642. The Labute approximate surface area is 161 Å². The second-order valence-electron chi connectivity index (χ2n) is 6.64. The standard InChI is InChI=1S/C20H22N4O2S/c25-19(17-14-15-4-1-2-5-16(15)22-17)21-7-8-23-9-11-24(12-10-23)20(26)18-6-3-13-27-18/h1-6,13-14,22H,7-12H2,(H,21,25). The van der Waals surface area contributed by atoms with Crippen LogP contribution in [0.1, 0.15) is 20.2 Å². The van der Waals surface area contributed by atoms with Crippen LogP contribution in [0.4, 0.5) is 0 Å². The van der Waals surface area contributed by atoms with Gasteiger partial charge in [-0.1, -0.05) is 24.3 Å². The number of nitrogens with zero attached hydrogens (tertiary/aromatic N) is 2. The molecule has 27 heavy (non-hydrogen) atoms. The highest BCUT2D eigenvalue weighted by Gasteiger charge is 2.22. The van der Waals surface area contributed by atoms with E-state index in [9.17, 15) is 9.59 Å². The average Bonchev–Trinajstić information content (AvgIpc) is 3.37. The summed E-state index contributed by atoms with van der Waals surface area (Å²) < 4.78 is 0. The molecule has 3 aromatic rings. The lowest BCUT2D eigenvalue weighted by Crippen LogP contribution is -2.50. The zero-order chi connectivity index (χ0) is 18.6. The van der Waals surface area contributed by atoms with E-state index in [1.807, 2.05) is 52.7 Å². The molecule has 0 radical (unpaired) electrons.